The van der Waals surface area contributed by atoms with E-state index in [-0.39, 0.29) is 5.91 Å². The van der Waals surface area contributed by atoms with E-state index >= 15 is 0 Å². The first kappa shape index (κ1) is 14.5. The van der Waals surface area contributed by atoms with Crippen LogP contribution in [0.4, 0.5) is 0 Å². The minimum Gasteiger partial charge on any atom is -0.345 e. The highest BCUT2D eigenvalue weighted by molar-refractivity contribution is 5.76. The van der Waals surface area contributed by atoms with E-state index in [1.54, 1.807) is 0 Å². The fourth-order valence-electron chi connectivity index (χ4n) is 2.43. The van der Waals surface area contributed by atoms with Gasteiger partial charge in [0.05, 0.1) is 0 Å². The van der Waals surface area contributed by atoms with Gasteiger partial charge in [-0.15, -0.1) is 0 Å². The number of carbonyl (C=O) groups excluding carboxylic acids is 1. The summed E-state index contributed by atoms with van der Waals surface area (Å²) < 4.78 is 0. The second-order valence-electron chi connectivity index (χ2n) is 5.67. The normalized spacial score (nSPS) is 26.6. The third-order valence-corrected chi connectivity index (χ3v) is 4.03. The molecule has 3 nitrogen and oxygen atoms in total. The molecule has 1 fully saturated rings. The molecule has 17 heavy (non-hydrogen) atoms. The van der Waals surface area contributed by atoms with Gasteiger partial charge in [-0.1, -0.05) is 27.2 Å². The molecular formula is C14H28N2O. The van der Waals surface area contributed by atoms with Crippen LogP contribution < -0.4 is 5.32 Å². The molecule has 100 valence electrons. The molecule has 0 aromatic heterocycles. The maximum Gasteiger partial charge on any atom is 0.223 e. The second-order valence-corrected chi connectivity index (χ2v) is 5.67. The van der Waals surface area contributed by atoms with Gasteiger partial charge in [-0.25, -0.2) is 0 Å². The van der Waals surface area contributed by atoms with Crippen molar-refractivity contribution in [2.24, 2.45) is 11.8 Å². The van der Waals surface area contributed by atoms with E-state index in [0.717, 1.165) is 19.5 Å². The molecule has 1 amide bonds. The highest BCUT2D eigenvalue weighted by Crippen LogP contribution is 2.18. The summed E-state index contributed by atoms with van der Waals surface area (Å²) >= 11 is 0. The Morgan fingerprint density at radius 2 is 2.24 bits per heavy atom. The average molecular weight is 240 g/mol. The lowest BCUT2D eigenvalue weighted by Gasteiger charge is -2.31. The summed E-state index contributed by atoms with van der Waals surface area (Å²) in [5, 5.41) is 3.47. The zero-order valence-electron chi connectivity index (χ0n) is 11.8. The van der Waals surface area contributed by atoms with Gasteiger partial charge in [-0.2, -0.15) is 0 Å². The lowest BCUT2D eigenvalue weighted by Crippen LogP contribution is -2.44. The SMILES string of the molecule is CCC(C)CN(C)C(=O)CC1NCCCC1C. The smallest absolute Gasteiger partial charge is 0.223 e. The Labute approximate surface area is 106 Å². The molecule has 1 aliphatic heterocycles. The van der Waals surface area contributed by atoms with Crippen LogP contribution in [0, 0.1) is 11.8 Å². The van der Waals surface area contributed by atoms with Gasteiger partial charge < -0.3 is 10.2 Å². The standard InChI is InChI=1S/C14H28N2O/c1-5-11(2)10-16(4)14(17)9-13-12(3)7-6-8-15-13/h11-13,15H,5-10H2,1-4H3. The molecule has 0 spiro atoms. The molecule has 1 heterocycles. The monoisotopic (exact) mass is 240 g/mol. The minimum atomic E-state index is 0.288. The fourth-order valence-corrected chi connectivity index (χ4v) is 2.43. The van der Waals surface area contributed by atoms with E-state index in [1.807, 2.05) is 11.9 Å². The third kappa shape index (κ3) is 4.66. The van der Waals surface area contributed by atoms with Gasteiger partial charge in [-0.05, 0) is 31.2 Å². The van der Waals surface area contributed by atoms with Crippen molar-refractivity contribution in [1.29, 1.82) is 0 Å². The number of nitrogens with one attached hydrogen (secondary N) is 1. The summed E-state index contributed by atoms with van der Waals surface area (Å²) in [5.74, 6) is 1.52. The van der Waals surface area contributed by atoms with Crippen LogP contribution in [0.1, 0.15) is 46.5 Å². The molecule has 3 atom stereocenters. The molecule has 3 heteroatoms. The summed E-state index contributed by atoms with van der Waals surface area (Å²) in [7, 11) is 1.93. The van der Waals surface area contributed by atoms with Crippen molar-refractivity contribution in [3.05, 3.63) is 0 Å². The van der Waals surface area contributed by atoms with Crippen LogP contribution in [0.3, 0.4) is 0 Å². The molecule has 1 rings (SSSR count). The van der Waals surface area contributed by atoms with E-state index in [2.05, 4.69) is 26.1 Å². The van der Waals surface area contributed by atoms with E-state index < -0.39 is 0 Å². The van der Waals surface area contributed by atoms with Crippen molar-refractivity contribution in [3.8, 4) is 0 Å². The number of piperidine rings is 1. The van der Waals surface area contributed by atoms with Crippen molar-refractivity contribution in [1.82, 2.24) is 10.2 Å². The van der Waals surface area contributed by atoms with Crippen LogP contribution in [0.15, 0.2) is 0 Å². The number of hydrogen-bond donors (Lipinski definition) is 1. The highest BCUT2D eigenvalue weighted by Gasteiger charge is 2.24. The molecule has 3 unspecified atom stereocenters. The molecular weight excluding hydrogens is 212 g/mol. The first-order chi connectivity index (χ1) is 8.04. The molecule has 0 aromatic rings. The van der Waals surface area contributed by atoms with Gasteiger partial charge in [0.1, 0.15) is 0 Å². The molecule has 1 saturated heterocycles. The van der Waals surface area contributed by atoms with Crippen LogP contribution in [-0.2, 0) is 4.79 Å². The Kier molecular flexibility index (Phi) is 5.96. The van der Waals surface area contributed by atoms with E-state index in [4.69, 9.17) is 0 Å². The Morgan fingerprint density at radius 1 is 1.53 bits per heavy atom. The summed E-state index contributed by atoms with van der Waals surface area (Å²) in [5.41, 5.74) is 0. The summed E-state index contributed by atoms with van der Waals surface area (Å²) in [6.45, 7) is 8.57. The maximum atomic E-state index is 12.1. The molecule has 0 aliphatic carbocycles. The van der Waals surface area contributed by atoms with Gasteiger partial charge >= 0.3 is 0 Å². The van der Waals surface area contributed by atoms with Crippen molar-refractivity contribution < 1.29 is 4.79 Å². The van der Waals surface area contributed by atoms with Crippen molar-refractivity contribution >= 4 is 5.91 Å². The number of hydrogen-bond acceptors (Lipinski definition) is 2. The number of rotatable bonds is 5. The summed E-state index contributed by atoms with van der Waals surface area (Å²) in [6, 6.07) is 0.385. The second kappa shape index (κ2) is 7.00. The Bertz CT molecular complexity index is 242. The van der Waals surface area contributed by atoms with Gasteiger partial charge in [-0.3, -0.25) is 4.79 Å². The topological polar surface area (TPSA) is 32.3 Å². The molecule has 1 aliphatic rings. The number of amides is 1. The summed E-state index contributed by atoms with van der Waals surface area (Å²) in [6.07, 6.45) is 4.29. The lowest BCUT2D eigenvalue weighted by atomic mass is 9.90. The molecule has 0 radical (unpaired) electrons. The largest absolute Gasteiger partial charge is 0.345 e. The van der Waals surface area contributed by atoms with Gasteiger partial charge in [0.2, 0.25) is 5.91 Å². The Hall–Kier alpha value is -0.570. The molecule has 0 aromatic carbocycles. The van der Waals surface area contributed by atoms with Crippen LogP contribution >= 0.6 is 0 Å². The van der Waals surface area contributed by atoms with Crippen molar-refractivity contribution in [3.63, 3.8) is 0 Å². The zero-order chi connectivity index (χ0) is 12.8. The molecule has 0 bridgehead atoms. The fraction of sp³-hybridized carbons (Fsp3) is 0.929. The number of carbonyl (C=O) groups is 1. The summed E-state index contributed by atoms with van der Waals surface area (Å²) in [4.78, 5) is 14.0. The quantitative estimate of drug-likeness (QED) is 0.799. The highest BCUT2D eigenvalue weighted by atomic mass is 16.2. The van der Waals surface area contributed by atoms with Crippen LogP contribution in [-0.4, -0.2) is 37.0 Å². The van der Waals surface area contributed by atoms with Crippen LogP contribution in [0.25, 0.3) is 0 Å². The Morgan fingerprint density at radius 3 is 2.82 bits per heavy atom. The van der Waals surface area contributed by atoms with Gasteiger partial charge in [0.15, 0.2) is 0 Å². The maximum absolute atomic E-state index is 12.1. The molecule has 0 saturated carbocycles. The van der Waals surface area contributed by atoms with Crippen molar-refractivity contribution in [2.75, 3.05) is 20.1 Å². The van der Waals surface area contributed by atoms with E-state index in [1.165, 1.54) is 12.8 Å². The van der Waals surface area contributed by atoms with Gasteiger partial charge in [0, 0.05) is 26.1 Å². The average Bonchev–Trinajstić information content (AvgIpc) is 2.31. The third-order valence-electron chi connectivity index (χ3n) is 4.03. The predicted octanol–water partition coefficient (Wildman–Crippen LogP) is 2.27. The van der Waals surface area contributed by atoms with Crippen molar-refractivity contribution in [2.45, 2.75) is 52.5 Å². The van der Waals surface area contributed by atoms with Crippen LogP contribution in [0.5, 0.6) is 0 Å². The van der Waals surface area contributed by atoms with E-state index in [9.17, 15) is 4.79 Å². The van der Waals surface area contributed by atoms with Gasteiger partial charge in [0.25, 0.3) is 0 Å². The first-order valence-electron chi connectivity index (χ1n) is 7.02. The predicted molar refractivity (Wildman–Crippen MR) is 71.9 cm³/mol. The Balaban J connectivity index is 2.36. The first-order valence-corrected chi connectivity index (χ1v) is 7.02. The van der Waals surface area contributed by atoms with E-state index in [0.29, 0.717) is 24.3 Å². The minimum absolute atomic E-state index is 0.288. The zero-order valence-corrected chi connectivity index (χ0v) is 11.8. The van der Waals surface area contributed by atoms with Crippen LogP contribution in [0.2, 0.25) is 0 Å². The molecule has 1 N–H and O–H groups in total. The number of nitrogens with zero attached hydrogens (tertiary/aromatic N) is 1. The lowest BCUT2D eigenvalue weighted by molar-refractivity contribution is -0.131.